The Bertz CT molecular complexity index is 1950. The molecule has 1 aliphatic rings. The summed E-state index contributed by atoms with van der Waals surface area (Å²) in [5.41, 5.74) is -6.19. The highest BCUT2D eigenvalue weighted by Gasteiger charge is 2.57. The molecule has 1 amide bonds. The molecule has 15 heteroatoms. The minimum Gasteiger partial charge on any atom is -0.494 e. The van der Waals surface area contributed by atoms with Crippen LogP contribution < -0.4 is 14.8 Å². The third-order valence-corrected chi connectivity index (χ3v) is 14.2. The monoisotopic (exact) mass is 735 g/mol. The van der Waals surface area contributed by atoms with Gasteiger partial charge in [-0.1, -0.05) is 39.0 Å². The van der Waals surface area contributed by atoms with Crippen molar-refractivity contribution in [3.05, 3.63) is 83.2 Å². The van der Waals surface area contributed by atoms with Gasteiger partial charge in [0, 0.05) is 34.9 Å². The number of aromatic nitrogens is 2. The first-order chi connectivity index (χ1) is 23.5. The molecule has 1 aliphatic heterocycles. The summed E-state index contributed by atoms with van der Waals surface area (Å²) in [6, 6.07) is 10.8. The lowest BCUT2D eigenvalue weighted by Gasteiger charge is -2.39. The Hall–Kier alpha value is -4.21. The molecule has 8 nitrogen and oxygen atoms in total. The molecule has 0 aliphatic carbocycles. The van der Waals surface area contributed by atoms with E-state index >= 15 is 13.2 Å². The highest BCUT2D eigenvalue weighted by Crippen LogP contribution is 2.49. The van der Waals surface area contributed by atoms with E-state index in [2.05, 4.69) is 15.3 Å². The lowest BCUT2D eigenvalue weighted by Crippen LogP contribution is -2.51. The van der Waals surface area contributed by atoms with Crippen LogP contribution in [-0.2, 0) is 21.6 Å². The summed E-state index contributed by atoms with van der Waals surface area (Å²) >= 11 is 0. The molecule has 0 fully saturated rings. The normalized spacial score (nSPS) is 17.8. The third kappa shape index (κ3) is 7.28. The molecule has 2 aromatic heterocycles. The summed E-state index contributed by atoms with van der Waals surface area (Å²) in [5.74, 6) is -0.669. The summed E-state index contributed by atoms with van der Waals surface area (Å²) in [6.45, 7) is 10.6. The van der Waals surface area contributed by atoms with E-state index in [1.165, 1.54) is 25.4 Å². The van der Waals surface area contributed by atoms with Gasteiger partial charge in [-0.3, -0.25) is 9.78 Å². The number of alkyl halides is 6. The van der Waals surface area contributed by atoms with Crippen molar-refractivity contribution >= 4 is 25.1 Å². The highest BCUT2D eigenvalue weighted by atomic mass is 28.4. The number of pyridine rings is 2. The van der Waals surface area contributed by atoms with E-state index in [9.17, 15) is 23.1 Å². The fraction of sp³-hybridized carbons (Fsp3) is 0.417. The van der Waals surface area contributed by atoms with Gasteiger partial charge in [0.05, 0.1) is 30.3 Å². The zero-order valence-electron chi connectivity index (χ0n) is 29.1. The quantitative estimate of drug-likeness (QED) is 0.132. The maximum Gasteiger partial charge on any atom is 0.424 e. The SMILES string of the molecule is COc1cc(C(=O)NCC(O)(c2cc3c(c(-c4ccc(C(F)(F)F)cc4)n2)OC[C@]3(C)CO[Si](C)(C)C(C)(C)C)C(F)(F)F)cc2cccnc12. The Morgan fingerprint density at radius 1 is 1.04 bits per heavy atom. The average Bonchev–Trinajstić information content (AvgIpc) is 3.40. The molecule has 51 heavy (non-hydrogen) atoms. The number of fused-ring (bicyclic) bond motifs is 2. The van der Waals surface area contributed by atoms with Crippen LogP contribution >= 0.6 is 0 Å². The molecule has 274 valence electrons. The van der Waals surface area contributed by atoms with Gasteiger partial charge in [0.2, 0.25) is 5.60 Å². The van der Waals surface area contributed by atoms with E-state index in [4.69, 9.17) is 13.9 Å². The third-order valence-electron chi connectivity index (χ3n) is 9.75. The molecule has 4 aromatic rings. The van der Waals surface area contributed by atoms with Crippen LogP contribution in [0.4, 0.5) is 26.3 Å². The van der Waals surface area contributed by atoms with Crippen molar-refractivity contribution in [2.24, 2.45) is 0 Å². The second kappa shape index (κ2) is 13.1. The number of rotatable bonds is 9. The molecule has 0 bridgehead atoms. The molecule has 2 aromatic carbocycles. The minimum atomic E-state index is -5.38. The number of carbonyl (C=O) groups is 1. The van der Waals surface area contributed by atoms with E-state index in [-0.39, 0.29) is 52.1 Å². The van der Waals surface area contributed by atoms with Crippen LogP contribution in [0.3, 0.4) is 0 Å². The molecule has 2 N–H and O–H groups in total. The number of hydrogen-bond donors (Lipinski definition) is 2. The minimum absolute atomic E-state index is 0.0288. The number of nitrogens with zero attached hydrogens (tertiary/aromatic N) is 2. The van der Waals surface area contributed by atoms with Crippen LogP contribution in [0.2, 0.25) is 18.1 Å². The van der Waals surface area contributed by atoms with Gasteiger partial charge in [0.1, 0.15) is 29.3 Å². The number of amides is 1. The highest BCUT2D eigenvalue weighted by molar-refractivity contribution is 6.74. The molecule has 0 spiro atoms. The van der Waals surface area contributed by atoms with Crippen molar-refractivity contribution in [3.63, 3.8) is 0 Å². The standard InChI is InChI=1S/C36H39F6N3O5Si/c1-32(2,3)51(6,7)50-20-33(4)19-49-30-25(33)17-27(45-29(30)21-10-12-24(13-11-21)35(37,38)39)34(47,36(40,41)42)18-44-31(46)23-15-22-9-8-14-43-28(22)26(16-23)48-5/h8-17,47H,18-20H2,1-7H3,(H,44,46)/t33-,34?/m1/s1. The number of benzene rings is 2. The first-order valence-electron chi connectivity index (χ1n) is 16.0. The molecule has 2 atom stereocenters. The number of halogens is 6. The number of methoxy groups -OCH3 is 1. The van der Waals surface area contributed by atoms with Crippen LogP contribution in [0, 0.1) is 0 Å². The zero-order valence-corrected chi connectivity index (χ0v) is 30.1. The van der Waals surface area contributed by atoms with Crippen LogP contribution in [0.1, 0.15) is 54.9 Å². The van der Waals surface area contributed by atoms with Gasteiger partial charge in [-0.15, -0.1) is 0 Å². The fourth-order valence-corrected chi connectivity index (χ4v) is 6.54. The second-order valence-electron chi connectivity index (χ2n) is 14.5. The Labute approximate surface area is 292 Å². The summed E-state index contributed by atoms with van der Waals surface area (Å²) in [4.78, 5) is 21.7. The number of nitrogens with one attached hydrogen (secondary N) is 1. The van der Waals surface area contributed by atoms with Gasteiger partial charge in [-0.25, -0.2) is 4.98 Å². The molecule has 3 heterocycles. The topological polar surface area (TPSA) is 103 Å². The van der Waals surface area contributed by atoms with Crippen molar-refractivity contribution in [1.82, 2.24) is 15.3 Å². The van der Waals surface area contributed by atoms with Gasteiger partial charge in [-0.2, -0.15) is 26.3 Å². The molecular formula is C36H39F6N3O5Si. The Kier molecular flexibility index (Phi) is 9.75. The van der Waals surface area contributed by atoms with Gasteiger partial charge in [0.15, 0.2) is 8.32 Å². The van der Waals surface area contributed by atoms with Gasteiger partial charge in [0.25, 0.3) is 5.91 Å². The average molecular weight is 736 g/mol. The van der Waals surface area contributed by atoms with Crippen LogP contribution in [0.15, 0.2) is 60.8 Å². The first-order valence-corrected chi connectivity index (χ1v) is 18.9. The summed E-state index contributed by atoms with van der Waals surface area (Å²) < 4.78 is 103. The second-order valence-corrected chi connectivity index (χ2v) is 19.3. The lowest BCUT2D eigenvalue weighted by atomic mass is 9.83. The molecule has 1 unspecified atom stereocenters. The number of ether oxygens (including phenoxy) is 2. The van der Waals surface area contributed by atoms with Crippen molar-refractivity contribution in [1.29, 1.82) is 0 Å². The van der Waals surface area contributed by atoms with Gasteiger partial charge < -0.3 is 24.3 Å². The molecular weight excluding hydrogens is 696 g/mol. The predicted octanol–water partition coefficient (Wildman–Crippen LogP) is 8.18. The van der Waals surface area contributed by atoms with Gasteiger partial charge >= 0.3 is 12.4 Å². The number of carbonyl (C=O) groups excluding carboxylic acids is 1. The largest absolute Gasteiger partial charge is 0.494 e. The van der Waals surface area contributed by atoms with E-state index < -0.39 is 55.4 Å². The summed E-state index contributed by atoms with van der Waals surface area (Å²) in [7, 11) is -1.01. The van der Waals surface area contributed by atoms with Crippen molar-refractivity contribution < 1.29 is 50.1 Å². The van der Waals surface area contributed by atoms with Crippen molar-refractivity contribution in [2.45, 2.75) is 69.2 Å². The molecule has 5 rings (SSSR count). The number of aliphatic hydroxyl groups is 1. The molecule has 0 saturated carbocycles. The van der Waals surface area contributed by atoms with E-state index in [1.54, 1.807) is 19.1 Å². The Morgan fingerprint density at radius 3 is 2.29 bits per heavy atom. The van der Waals surface area contributed by atoms with Crippen LogP contribution in [-0.4, -0.2) is 62.3 Å². The van der Waals surface area contributed by atoms with E-state index in [0.717, 1.165) is 30.3 Å². The maximum atomic E-state index is 15.0. The summed E-state index contributed by atoms with van der Waals surface area (Å²) in [5, 5.41) is 14.0. The molecule has 0 radical (unpaired) electrons. The Morgan fingerprint density at radius 2 is 1.71 bits per heavy atom. The van der Waals surface area contributed by atoms with Crippen LogP contribution in [0.5, 0.6) is 11.5 Å². The molecule has 0 saturated heterocycles. The van der Waals surface area contributed by atoms with Crippen LogP contribution in [0.25, 0.3) is 22.2 Å². The summed E-state index contributed by atoms with van der Waals surface area (Å²) in [6.07, 6.45) is -8.52. The van der Waals surface area contributed by atoms with Crippen molar-refractivity contribution in [3.8, 4) is 22.8 Å². The van der Waals surface area contributed by atoms with E-state index in [0.29, 0.717) is 10.9 Å². The Balaban J connectivity index is 1.60. The smallest absolute Gasteiger partial charge is 0.424 e. The fourth-order valence-electron chi connectivity index (χ4n) is 5.43. The van der Waals surface area contributed by atoms with Crippen molar-refractivity contribution in [2.75, 3.05) is 26.9 Å². The van der Waals surface area contributed by atoms with E-state index in [1.807, 2.05) is 33.9 Å². The van der Waals surface area contributed by atoms with Gasteiger partial charge in [-0.05, 0) is 61.5 Å². The first kappa shape index (κ1) is 38.0. The predicted molar refractivity (Wildman–Crippen MR) is 181 cm³/mol. The lowest BCUT2D eigenvalue weighted by molar-refractivity contribution is -0.265. The number of hydrogen-bond acceptors (Lipinski definition) is 7. The maximum absolute atomic E-state index is 15.0. The zero-order chi connectivity index (χ0) is 37.8.